The molecule has 8 nitrogen and oxygen atoms in total. The smallest absolute Gasteiger partial charge is 0.258 e. The quantitative estimate of drug-likeness (QED) is 0.390. The van der Waals surface area contributed by atoms with Crippen molar-refractivity contribution >= 4 is 23.2 Å². The fourth-order valence-corrected chi connectivity index (χ4v) is 2.99. The first-order chi connectivity index (χ1) is 14.5. The van der Waals surface area contributed by atoms with E-state index in [1.165, 1.54) is 11.1 Å². The molecule has 8 heteroatoms. The zero-order valence-corrected chi connectivity index (χ0v) is 16.8. The Labute approximate surface area is 174 Å². The molecule has 0 saturated carbocycles. The van der Waals surface area contributed by atoms with Crippen molar-refractivity contribution in [1.29, 1.82) is 0 Å². The number of hydrogen-bond acceptors (Lipinski definition) is 5. The molecule has 0 radical (unpaired) electrons. The summed E-state index contributed by atoms with van der Waals surface area (Å²) in [4.78, 5) is 26.3. The van der Waals surface area contributed by atoms with Crippen molar-refractivity contribution in [3.63, 3.8) is 0 Å². The maximum absolute atomic E-state index is 12.7. The van der Waals surface area contributed by atoms with E-state index in [2.05, 4.69) is 10.4 Å². The van der Waals surface area contributed by atoms with E-state index in [9.17, 15) is 9.59 Å². The van der Waals surface area contributed by atoms with Gasteiger partial charge in [-0.05, 0) is 36.2 Å². The summed E-state index contributed by atoms with van der Waals surface area (Å²) >= 11 is 0. The summed E-state index contributed by atoms with van der Waals surface area (Å²) in [5.41, 5.74) is 9.12. The molecule has 1 heterocycles. The summed E-state index contributed by atoms with van der Waals surface area (Å²) in [6.45, 7) is 0.922. The summed E-state index contributed by atoms with van der Waals surface area (Å²) in [5.74, 6) is -0.376. The van der Waals surface area contributed by atoms with Crippen LogP contribution in [0.3, 0.4) is 0 Å². The lowest BCUT2D eigenvalue weighted by atomic mass is 10.1. The minimum Gasteiger partial charge on any atom is -0.397 e. The number of aliphatic hydroxyl groups is 1. The Morgan fingerprint density at radius 2 is 1.87 bits per heavy atom. The van der Waals surface area contributed by atoms with Crippen LogP contribution in [0.4, 0.5) is 11.4 Å². The van der Waals surface area contributed by atoms with Gasteiger partial charge in [0.2, 0.25) is 0 Å². The molecule has 1 aromatic heterocycles. The lowest BCUT2D eigenvalue weighted by Gasteiger charge is -2.19. The molecule has 0 aliphatic heterocycles. The number of carbonyl (C=O) groups is 2. The van der Waals surface area contributed by atoms with Gasteiger partial charge in [0.15, 0.2) is 0 Å². The zero-order chi connectivity index (χ0) is 21.5. The Morgan fingerprint density at radius 3 is 2.57 bits per heavy atom. The largest absolute Gasteiger partial charge is 0.397 e. The van der Waals surface area contributed by atoms with Crippen LogP contribution < -0.4 is 16.0 Å². The highest BCUT2D eigenvalue weighted by Gasteiger charge is 2.15. The van der Waals surface area contributed by atoms with Crippen molar-refractivity contribution in [2.75, 3.05) is 30.8 Å². The number of para-hydroxylation sites is 2. The summed E-state index contributed by atoms with van der Waals surface area (Å²) in [6, 6.07) is 14.5. The topological polar surface area (TPSA) is 113 Å². The van der Waals surface area contributed by atoms with Crippen molar-refractivity contribution in [2.24, 2.45) is 0 Å². The van der Waals surface area contributed by atoms with Crippen LogP contribution in [0.1, 0.15) is 32.7 Å². The van der Waals surface area contributed by atoms with E-state index in [1.54, 1.807) is 42.2 Å². The molecule has 0 bridgehead atoms. The lowest BCUT2D eigenvalue weighted by Crippen LogP contribution is -2.27. The monoisotopic (exact) mass is 407 g/mol. The van der Waals surface area contributed by atoms with Gasteiger partial charge in [-0.2, -0.15) is 5.10 Å². The van der Waals surface area contributed by atoms with Crippen LogP contribution in [-0.4, -0.2) is 46.9 Å². The van der Waals surface area contributed by atoms with Gasteiger partial charge in [-0.3, -0.25) is 14.3 Å². The number of nitrogens with zero attached hydrogens (tertiary/aromatic N) is 3. The number of aromatic nitrogens is 2. The van der Waals surface area contributed by atoms with Gasteiger partial charge in [0, 0.05) is 32.0 Å². The molecule has 2 aromatic carbocycles. The van der Waals surface area contributed by atoms with E-state index in [4.69, 9.17) is 10.8 Å². The Morgan fingerprint density at radius 1 is 1.13 bits per heavy atom. The number of anilines is 2. The van der Waals surface area contributed by atoms with Gasteiger partial charge in [-0.15, -0.1) is 0 Å². The third-order valence-electron chi connectivity index (χ3n) is 4.66. The maximum Gasteiger partial charge on any atom is 0.258 e. The van der Waals surface area contributed by atoms with E-state index >= 15 is 0 Å². The molecule has 2 amide bonds. The molecule has 3 rings (SSSR count). The van der Waals surface area contributed by atoms with Gasteiger partial charge in [0.05, 0.1) is 29.7 Å². The number of amides is 2. The molecule has 0 aliphatic rings. The molecule has 0 fully saturated rings. The van der Waals surface area contributed by atoms with Crippen molar-refractivity contribution in [2.45, 2.75) is 13.0 Å². The highest BCUT2D eigenvalue weighted by Crippen LogP contribution is 2.23. The van der Waals surface area contributed by atoms with Crippen LogP contribution in [0.15, 0.2) is 60.9 Å². The van der Waals surface area contributed by atoms with Gasteiger partial charge in [-0.25, -0.2) is 0 Å². The van der Waals surface area contributed by atoms with Crippen LogP contribution in [0.25, 0.3) is 0 Å². The van der Waals surface area contributed by atoms with Crippen molar-refractivity contribution < 1.29 is 14.7 Å². The van der Waals surface area contributed by atoms with E-state index in [1.807, 2.05) is 24.3 Å². The predicted octanol–water partition coefficient (Wildman–Crippen LogP) is 1.90. The third-order valence-corrected chi connectivity index (χ3v) is 4.66. The molecular formula is C22H25N5O3. The summed E-state index contributed by atoms with van der Waals surface area (Å²) < 4.78 is 1.66. The van der Waals surface area contributed by atoms with E-state index < -0.39 is 0 Å². The number of nitrogens with one attached hydrogen (secondary N) is 1. The Hall–Kier alpha value is -3.65. The molecule has 156 valence electrons. The second-order valence-electron chi connectivity index (χ2n) is 6.88. The van der Waals surface area contributed by atoms with Gasteiger partial charge in [0.1, 0.15) is 0 Å². The number of nitrogen functional groups attached to an aromatic ring is 1. The third kappa shape index (κ3) is 5.03. The van der Waals surface area contributed by atoms with Crippen molar-refractivity contribution in [3.8, 4) is 0 Å². The molecule has 3 aromatic rings. The average Bonchev–Trinajstić information content (AvgIpc) is 3.22. The molecule has 4 N–H and O–H groups in total. The number of hydrogen-bond donors (Lipinski definition) is 3. The lowest BCUT2D eigenvalue weighted by molar-refractivity contribution is 0.0949. The van der Waals surface area contributed by atoms with E-state index in [0.717, 1.165) is 5.56 Å². The van der Waals surface area contributed by atoms with Gasteiger partial charge < -0.3 is 21.1 Å². The number of nitrogens with two attached hydrogens (primary N) is 1. The first-order valence-electron chi connectivity index (χ1n) is 9.62. The number of aliphatic hydroxyl groups excluding tert-OH is 1. The Balaban J connectivity index is 1.63. The standard InChI is InChI=1S/C22H25N5O3/c1-26(20-6-3-2-5-19(20)23)22(30)17-9-7-16(8-10-17)14-27-15-18(13-25-27)21(29)24-11-4-12-28/h2-3,5-10,13,15,28H,4,11-12,14,23H2,1H3,(H,24,29). The number of rotatable bonds is 8. The van der Waals surface area contributed by atoms with Crippen LogP contribution in [0.2, 0.25) is 0 Å². The number of carbonyl (C=O) groups excluding carboxylic acids is 2. The predicted molar refractivity (Wildman–Crippen MR) is 115 cm³/mol. The fraction of sp³-hybridized carbons (Fsp3) is 0.227. The fourth-order valence-electron chi connectivity index (χ4n) is 2.99. The van der Waals surface area contributed by atoms with Crippen molar-refractivity contribution in [3.05, 3.63) is 77.6 Å². The average molecular weight is 407 g/mol. The van der Waals surface area contributed by atoms with Crippen LogP contribution >= 0.6 is 0 Å². The molecule has 0 atom stereocenters. The molecule has 0 saturated heterocycles. The Bertz CT molecular complexity index is 1010. The summed E-state index contributed by atoms with van der Waals surface area (Å²) in [5, 5.41) is 15.7. The van der Waals surface area contributed by atoms with Gasteiger partial charge in [0.25, 0.3) is 11.8 Å². The zero-order valence-electron chi connectivity index (χ0n) is 16.8. The first-order valence-corrected chi connectivity index (χ1v) is 9.62. The second kappa shape index (κ2) is 9.71. The van der Waals surface area contributed by atoms with E-state index in [0.29, 0.717) is 42.0 Å². The minimum atomic E-state index is -0.223. The molecule has 0 aliphatic carbocycles. The van der Waals surface area contributed by atoms with E-state index in [-0.39, 0.29) is 18.4 Å². The first kappa shape index (κ1) is 21.1. The molecule has 30 heavy (non-hydrogen) atoms. The van der Waals surface area contributed by atoms with Crippen LogP contribution in [0, 0.1) is 0 Å². The SMILES string of the molecule is CN(C(=O)c1ccc(Cn2cc(C(=O)NCCCO)cn2)cc1)c1ccccc1N. The minimum absolute atomic E-state index is 0.0343. The second-order valence-corrected chi connectivity index (χ2v) is 6.88. The van der Waals surface area contributed by atoms with Gasteiger partial charge in [-0.1, -0.05) is 24.3 Å². The molecule has 0 spiro atoms. The van der Waals surface area contributed by atoms with Crippen molar-refractivity contribution in [1.82, 2.24) is 15.1 Å². The number of benzene rings is 2. The summed E-state index contributed by atoms with van der Waals surface area (Å²) in [7, 11) is 1.69. The van der Waals surface area contributed by atoms with Crippen LogP contribution in [-0.2, 0) is 6.54 Å². The van der Waals surface area contributed by atoms with Gasteiger partial charge >= 0.3 is 0 Å². The maximum atomic E-state index is 12.7. The summed E-state index contributed by atoms with van der Waals surface area (Å²) in [6.07, 6.45) is 3.68. The normalized spacial score (nSPS) is 10.6. The highest BCUT2D eigenvalue weighted by atomic mass is 16.3. The molecular weight excluding hydrogens is 382 g/mol. The highest BCUT2D eigenvalue weighted by molar-refractivity contribution is 6.07. The molecule has 0 unspecified atom stereocenters. The Kier molecular flexibility index (Phi) is 6.82. The van der Waals surface area contributed by atoms with Crippen LogP contribution in [0.5, 0.6) is 0 Å².